The fourth-order valence-corrected chi connectivity index (χ4v) is 1.79. The molecule has 1 amide bonds. The van der Waals surface area contributed by atoms with Crippen molar-refractivity contribution in [3.05, 3.63) is 0 Å². The minimum Gasteiger partial charge on any atom is -0.440 e. The van der Waals surface area contributed by atoms with Gasteiger partial charge < -0.3 is 10.1 Å². The average molecular weight is 290 g/mol. The average Bonchev–Trinajstić information content (AvgIpc) is 2.28. The van der Waals surface area contributed by atoms with Crippen LogP contribution in [-0.4, -0.2) is 55.4 Å². The highest BCUT2D eigenvalue weighted by atomic mass is 19.4. The Kier molecular flexibility index (Phi) is 4.94. The van der Waals surface area contributed by atoms with Crippen LogP contribution in [0.3, 0.4) is 0 Å². The third kappa shape index (κ3) is 5.17. The van der Waals surface area contributed by atoms with Crippen LogP contribution in [-0.2, 0) is 4.74 Å². The molecule has 19 heavy (non-hydrogen) atoms. The van der Waals surface area contributed by atoms with Gasteiger partial charge in [-0.3, -0.25) is 4.90 Å². The highest BCUT2D eigenvalue weighted by Gasteiger charge is 2.45. The second-order valence-electron chi connectivity index (χ2n) is 4.31. The number of amides is 1. The quantitative estimate of drug-likeness (QED) is 0.808. The van der Waals surface area contributed by atoms with Gasteiger partial charge in [0.15, 0.2) is 6.61 Å². The third-order valence-corrected chi connectivity index (χ3v) is 2.78. The predicted octanol–water partition coefficient (Wildman–Crippen LogP) is 2.00. The van der Waals surface area contributed by atoms with Crippen LogP contribution in [0.1, 0.15) is 13.3 Å². The summed E-state index contributed by atoms with van der Waals surface area (Å²) in [5, 5.41) is 1.79. The maximum absolute atomic E-state index is 13.6. The molecule has 0 saturated carbocycles. The summed E-state index contributed by atoms with van der Waals surface area (Å²) >= 11 is 0. The fraction of sp³-hybridized carbons (Fsp3) is 0.900. The number of halogens is 5. The smallest absolute Gasteiger partial charge is 0.422 e. The van der Waals surface area contributed by atoms with Crippen LogP contribution in [0.15, 0.2) is 0 Å². The molecule has 1 N–H and O–H groups in total. The van der Waals surface area contributed by atoms with Crippen LogP contribution in [0.2, 0.25) is 0 Å². The number of nitrogens with one attached hydrogen (secondary N) is 1. The number of carbonyl (C=O) groups excluding carboxylic acids is 1. The molecule has 1 unspecified atom stereocenters. The summed E-state index contributed by atoms with van der Waals surface area (Å²) in [6, 6.07) is -1.50. The number of hydrogen-bond acceptors (Lipinski definition) is 3. The van der Waals surface area contributed by atoms with Crippen LogP contribution < -0.4 is 5.32 Å². The van der Waals surface area contributed by atoms with E-state index in [4.69, 9.17) is 0 Å². The van der Waals surface area contributed by atoms with Gasteiger partial charge in [-0.05, 0) is 13.0 Å². The van der Waals surface area contributed by atoms with Crippen molar-refractivity contribution < 1.29 is 31.5 Å². The lowest BCUT2D eigenvalue weighted by Crippen LogP contribution is -2.58. The van der Waals surface area contributed by atoms with E-state index >= 15 is 0 Å². The van der Waals surface area contributed by atoms with Gasteiger partial charge in [0.1, 0.15) is 0 Å². The van der Waals surface area contributed by atoms with Crippen molar-refractivity contribution in [2.75, 3.05) is 26.2 Å². The van der Waals surface area contributed by atoms with E-state index in [2.05, 4.69) is 4.74 Å². The largest absolute Gasteiger partial charge is 0.440 e. The van der Waals surface area contributed by atoms with Crippen molar-refractivity contribution in [2.45, 2.75) is 31.5 Å². The van der Waals surface area contributed by atoms with Crippen LogP contribution in [0.5, 0.6) is 0 Å². The first kappa shape index (κ1) is 15.9. The lowest BCUT2D eigenvalue weighted by molar-refractivity contribution is -0.161. The Balaban J connectivity index is 2.46. The third-order valence-electron chi connectivity index (χ3n) is 2.78. The highest BCUT2D eigenvalue weighted by molar-refractivity contribution is 5.67. The Morgan fingerprint density at radius 2 is 2.11 bits per heavy atom. The first-order valence-electron chi connectivity index (χ1n) is 5.74. The molecule has 1 heterocycles. The maximum atomic E-state index is 13.6. The molecule has 0 aromatic heterocycles. The topological polar surface area (TPSA) is 41.6 Å². The summed E-state index contributed by atoms with van der Waals surface area (Å²) in [4.78, 5) is 12.5. The molecule has 0 spiro atoms. The number of alkyl halides is 5. The number of nitrogens with zero attached hydrogens (tertiary/aromatic N) is 1. The maximum Gasteiger partial charge on any atom is 0.422 e. The molecule has 1 atom stereocenters. The summed E-state index contributed by atoms with van der Waals surface area (Å²) < 4.78 is 66.4. The minimum absolute atomic E-state index is 0.0397. The molecule has 0 radical (unpaired) electrons. The fourth-order valence-electron chi connectivity index (χ4n) is 1.79. The molecule has 1 aliphatic heterocycles. The summed E-state index contributed by atoms with van der Waals surface area (Å²) in [6.07, 6.45) is -6.19. The number of likely N-dealkylation sites (tertiary alicyclic amines) is 1. The van der Waals surface area contributed by atoms with E-state index in [1.165, 1.54) is 4.90 Å². The van der Waals surface area contributed by atoms with Gasteiger partial charge in [-0.25, -0.2) is 13.6 Å². The van der Waals surface area contributed by atoms with Crippen LogP contribution in [0.25, 0.3) is 0 Å². The van der Waals surface area contributed by atoms with Gasteiger partial charge in [-0.2, -0.15) is 13.2 Å². The number of hydrogen-bond donors (Lipinski definition) is 1. The van der Waals surface area contributed by atoms with Crippen LogP contribution >= 0.6 is 0 Å². The minimum atomic E-state index is -4.68. The normalized spacial score (nSPS) is 24.0. The number of rotatable bonds is 3. The van der Waals surface area contributed by atoms with Crippen molar-refractivity contribution in [2.24, 2.45) is 0 Å². The van der Waals surface area contributed by atoms with Crippen molar-refractivity contribution in [1.82, 2.24) is 10.2 Å². The lowest BCUT2D eigenvalue weighted by atomic mass is 10.0. The molecule has 0 bridgehead atoms. The number of piperidine rings is 1. The zero-order valence-corrected chi connectivity index (χ0v) is 10.3. The standard InChI is InChI=1S/C10H15F5N2O2/c1-2-17-4-3-7(9(11,12)5-17)16-8(18)19-6-10(13,14)15/h7H,2-6H2,1H3,(H,16,18). The van der Waals surface area contributed by atoms with Gasteiger partial charge in [-0.15, -0.1) is 0 Å². The second-order valence-corrected chi connectivity index (χ2v) is 4.31. The molecule has 0 aliphatic carbocycles. The molecular formula is C10H15F5N2O2. The van der Waals surface area contributed by atoms with Crippen molar-refractivity contribution in [3.8, 4) is 0 Å². The van der Waals surface area contributed by atoms with Crippen LogP contribution in [0, 0.1) is 0 Å². The summed E-state index contributed by atoms with van der Waals surface area (Å²) in [5.41, 5.74) is 0. The van der Waals surface area contributed by atoms with Gasteiger partial charge in [0.25, 0.3) is 5.92 Å². The van der Waals surface area contributed by atoms with E-state index in [-0.39, 0.29) is 6.42 Å². The summed E-state index contributed by atoms with van der Waals surface area (Å²) in [6.45, 7) is 0.185. The van der Waals surface area contributed by atoms with E-state index < -0.39 is 37.4 Å². The molecule has 4 nitrogen and oxygen atoms in total. The van der Waals surface area contributed by atoms with E-state index in [9.17, 15) is 26.7 Å². The molecule has 9 heteroatoms. The highest BCUT2D eigenvalue weighted by Crippen LogP contribution is 2.27. The number of carbonyl (C=O) groups is 1. The van der Waals surface area contributed by atoms with Gasteiger partial charge in [0, 0.05) is 6.54 Å². The molecule has 1 fully saturated rings. The molecule has 0 aromatic rings. The SMILES string of the molecule is CCN1CCC(NC(=O)OCC(F)(F)F)C(F)(F)C1. The van der Waals surface area contributed by atoms with Gasteiger partial charge in [-0.1, -0.05) is 6.92 Å². The number of alkyl carbamates (subject to hydrolysis) is 1. The van der Waals surface area contributed by atoms with E-state index in [0.717, 1.165) is 0 Å². The first-order chi connectivity index (χ1) is 8.64. The Morgan fingerprint density at radius 1 is 1.47 bits per heavy atom. The second kappa shape index (κ2) is 5.89. The number of ether oxygens (including phenoxy) is 1. The van der Waals surface area contributed by atoms with Crippen molar-refractivity contribution in [1.29, 1.82) is 0 Å². The molecule has 1 aliphatic rings. The molecule has 0 aromatic carbocycles. The molecule has 1 saturated heterocycles. The zero-order chi connectivity index (χ0) is 14.7. The van der Waals surface area contributed by atoms with Gasteiger partial charge >= 0.3 is 12.3 Å². The molecule has 112 valence electrons. The Morgan fingerprint density at radius 3 is 2.58 bits per heavy atom. The van der Waals surface area contributed by atoms with Gasteiger partial charge in [0.05, 0.1) is 12.6 Å². The Bertz CT molecular complexity index is 322. The zero-order valence-electron chi connectivity index (χ0n) is 10.3. The Labute approximate surface area is 106 Å². The summed E-state index contributed by atoms with van der Waals surface area (Å²) in [5.74, 6) is -3.19. The predicted molar refractivity (Wildman–Crippen MR) is 56.0 cm³/mol. The molecule has 1 rings (SSSR count). The Hall–Kier alpha value is -1.12. The van der Waals surface area contributed by atoms with Crippen LogP contribution in [0.4, 0.5) is 26.7 Å². The van der Waals surface area contributed by atoms with Crippen molar-refractivity contribution in [3.63, 3.8) is 0 Å². The monoisotopic (exact) mass is 290 g/mol. The van der Waals surface area contributed by atoms with E-state index in [0.29, 0.717) is 13.1 Å². The van der Waals surface area contributed by atoms with Crippen molar-refractivity contribution >= 4 is 6.09 Å². The summed E-state index contributed by atoms with van der Waals surface area (Å²) in [7, 11) is 0. The molecular weight excluding hydrogens is 275 g/mol. The van der Waals surface area contributed by atoms with E-state index in [1.54, 1.807) is 12.2 Å². The first-order valence-corrected chi connectivity index (χ1v) is 5.74. The lowest BCUT2D eigenvalue weighted by Gasteiger charge is -2.37. The van der Waals surface area contributed by atoms with E-state index in [1.807, 2.05) is 0 Å². The van der Waals surface area contributed by atoms with Gasteiger partial charge in [0.2, 0.25) is 0 Å².